The van der Waals surface area contributed by atoms with E-state index in [0.717, 1.165) is 12.0 Å². The summed E-state index contributed by atoms with van der Waals surface area (Å²) in [6, 6.07) is 13.1. The van der Waals surface area contributed by atoms with Crippen molar-refractivity contribution >= 4 is 16.0 Å². The third-order valence-corrected chi connectivity index (χ3v) is 5.59. The average Bonchev–Trinajstić information content (AvgIpc) is 2.97. The highest BCUT2D eigenvalue weighted by atomic mass is 32.2. The van der Waals surface area contributed by atoms with Gasteiger partial charge in [-0.25, -0.2) is 13.1 Å². The lowest BCUT2D eigenvalue weighted by atomic mass is 10.2. The first-order chi connectivity index (χ1) is 14.0. The van der Waals surface area contributed by atoms with Gasteiger partial charge in [0.2, 0.25) is 10.0 Å². The molecule has 1 N–H and O–H groups in total. The molecule has 1 aliphatic heterocycles. The van der Waals surface area contributed by atoms with Gasteiger partial charge in [0, 0.05) is 19.0 Å². The van der Waals surface area contributed by atoms with Crippen molar-refractivity contribution in [3.05, 3.63) is 53.6 Å². The fraction of sp³-hybridized carbons (Fsp3) is 0.300. The van der Waals surface area contributed by atoms with Gasteiger partial charge in [-0.05, 0) is 29.8 Å². The minimum atomic E-state index is -3.80. The molecule has 3 rings (SSSR count). The zero-order valence-electron chi connectivity index (χ0n) is 15.6. The molecular weight excluding hydrogens is 396 g/mol. The number of hydrogen-bond acceptors (Lipinski definition) is 7. The van der Waals surface area contributed by atoms with Crippen LogP contribution in [-0.4, -0.2) is 34.1 Å². The molecule has 1 aliphatic rings. The first kappa shape index (κ1) is 20.6. The molecule has 0 saturated carbocycles. The molecule has 0 amide bonds. The Morgan fingerprint density at radius 1 is 1.10 bits per heavy atom. The van der Waals surface area contributed by atoms with Crippen LogP contribution in [0.4, 0.5) is 0 Å². The van der Waals surface area contributed by atoms with E-state index in [1.54, 1.807) is 30.3 Å². The van der Waals surface area contributed by atoms with Crippen LogP contribution in [0.25, 0.3) is 0 Å². The highest BCUT2D eigenvalue weighted by Crippen LogP contribution is 2.31. The molecule has 29 heavy (non-hydrogen) atoms. The number of hydrogen-bond donors (Lipinski definition) is 1. The number of sulfonamides is 1. The Labute approximate surface area is 169 Å². The minimum Gasteiger partial charge on any atom is -0.490 e. The summed E-state index contributed by atoms with van der Waals surface area (Å²) in [5.74, 6) is 0.357. The summed E-state index contributed by atoms with van der Waals surface area (Å²) in [6.07, 6.45) is 0.611. The zero-order valence-corrected chi connectivity index (χ0v) is 16.4. The average molecular weight is 416 g/mol. The van der Waals surface area contributed by atoms with Gasteiger partial charge in [0.15, 0.2) is 11.5 Å². The molecule has 0 bridgehead atoms. The summed E-state index contributed by atoms with van der Waals surface area (Å²) in [6.45, 7) is 0.930. The van der Waals surface area contributed by atoms with Crippen LogP contribution in [-0.2, 0) is 26.2 Å². The zero-order chi connectivity index (χ0) is 20.7. The summed E-state index contributed by atoms with van der Waals surface area (Å²) in [5.41, 5.74) is 1.26. The third kappa shape index (κ3) is 5.70. The van der Waals surface area contributed by atoms with Gasteiger partial charge in [-0.1, -0.05) is 12.1 Å². The predicted molar refractivity (Wildman–Crippen MR) is 103 cm³/mol. The quantitative estimate of drug-likeness (QED) is 0.688. The van der Waals surface area contributed by atoms with E-state index in [-0.39, 0.29) is 24.5 Å². The SMILES string of the molecule is N#Cc1ccc(COC(=O)CCNS(=O)(=O)c2ccc3c(c2)OCCCO3)cc1. The van der Waals surface area contributed by atoms with Gasteiger partial charge in [0.05, 0.1) is 36.2 Å². The number of nitrogens with one attached hydrogen (secondary N) is 1. The monoisotopic (exact) mass is 416 g/mol. The van der Waals surface area contributed by atoms with Crippen molar-refractivity contribution in [3.63, 3.8) is 0 Å². The van der Waals surface area contributed by atoms with Crippen molar-refractivity contribution in [1.29, 1.82) is 5.26 Å². The fourth-order valence-electron chi connectivity index (χ4n) is 2.59. The number of carbonyl (C=O) groups excluding carboxylic acids is 1. The highest BCUT2D eigenvalue weighted by molar-refractivity contribution is 7.89. The Morgan fingerprint density at radius 2 is 1.83 bits per heavy atom. The Morgan fingerprint density at radius 3 is 2.55 bits per heavy atom. The maximum Gasteiger partial charge on any atom is 0.307 e. The second-order valence-electron chi connectivity index (χ2n) is 6.28. The molecule has 2 aromatic carbocycles. The Balaban J connectivity index is 1.49. The van der Waals surface area contributed by atoms with Crippen LogP contribution in [0.1, 0.15) is 24.0 Å². The first-order valence-electron chi connectivity index (χ1n) is 9.02. The van der Waals surface area contributed by atoms with Crippen molar-refractivity contribution < 1.29 is 27.4 Å². The standard InChI is InChI=1S/C20H20N2O6S/c21-13-15-2-4-16(5-3-15)14-28-20(23)8-9-22-29(24,25)17-6-7-18-19(12-17)27-11-1-10-26-18/h2-7,12,22H,1,8-11,14H2. The van der Waals surface area contributed by atoms with E-state index in [4.69, 9.17) is 19.5 Å². The number of nitriles is 1. The summed E-state index contributed by atoms with van der Waals surface area (Å²) in [7, 11) is -3.80. The maximum atomic E-state index is 12.4. The van der Waals surface area contributed by atoms with Crippen LogP contribution in [0, 0.1) is 11.3 Å². The Bertz CT molecular complexity index is 1010. The van der Waals surface area contributed by atoms with Gasteiger partial charge in [0.1, 0.15) is 6.61 Å². The molecule has 0 saturated heterocycles. The third-order valence-electron chi connectivity index (χ3n) is 4.13. The van der Waals surface area contributed by atoms with Gasteiger partial charge < -0.3 is 14.2 Å². The smallest absolute Gasteiger partial charge is 0.307 e. The topological polar surface area (TPSA) is 115 Å². The van der Waals surface area contributed by atoms with Gasteiger partial charge in [-0.3, -0.25) is 4.79 Å². The normalized spacial score (nSPS) is 13.2. The van der Waals surface area contributed by atoms with E-state index in [1.807, 2.05) is 6.07 Å². The lowest BCUT2D eigenvalue weighted by Gasteiger charge is -2.11. The largest absolute Gasteiger partial charge is 0.490 e. The number of esters is 1. The van der Waals surface area contributed by atoms with Gasteiger partial charge in [0.25, 0.3) is 0 Å². The molecule has 0 unspecified atom stereocenters. The van der Waals surface area contributed by atoms with Crippen LogP contribution in [0.5, 0.6) is 11.5 Å². The number of carbonyl (C=O) groups is 1. The van der Waals surface area contributed by atoms with E-state index in [2.05, 4.69) is 4.72 Å². The van der Waals surface area contributed by atoms with E-state index >= 15 is 0 Å². The summed E-state index contributed by atoms with van der Waals surface area (Å²) < 4.78 is 43.4. The molecule has 2 aromatic rings. The van der Waals surface area contributed by atoms with Gasteiger partial charge >= 0.3 is 5.97 Å². The molecule has 1 heterocycles. The summed E-state index contributed by atoms with van der Waals surface area (Å²) >= 11 is 0. The van der Waals surface area contributed by atoms with Crippen LogP contribution in [0.2, 0.25) is 0 Å². The van der Waals surface area contributed by atoms with Gasteiger partial charge in [-0.15, -0.1) is 0 Å². The van der Waals surface area contributed by atoms with Crippen molar-refractivity contribution in [2.24, 2.45) is 0 Å². The second kappa shape index (κ2) is 9.41. The highest BCUT2D eigenvalue weighted by Gasteiger charge is 2.19. The molecule has 0 radical (unpaired) electrons. The molecule has 0 fully saturated rings. The van der Waals surface area contributed by atoms with E-state index in [0.29, 0.717) is 30.3 Å². The van der Waals surface area contributed by atoms with E-state index in [9.17, 15) is 13.2 Å². The van der Waals surface area contributed by atoms with Crippen LogP contribution >= 0.6 is 0 Å². The van der Waals surface area contributed by atoms with Crippen molar-refractivity contribution in [1.82, 2.24) is 4.72 Å². The maximum absolute atomic E-state index is 12.4. The second-order valence-corrected chi connectivity index (χ2v) is 8.04. The lowest BCUT2D eigenvalue weighted by molar-refractivity contribution is -0.144. The Hall–Kier alpha value is -3.09. The molecule has 0 aromatic heterocycles. The predicted octanol–water partition coefficient (Wildman–Crippen LogP) is 2.13. The summed E-state index contributed by atoms with van der Waals surface area (Å²) in [5, 5.41) is 8.76. The number of ether oxygens (including phenoxy) is 3. The minimum absolute atomic E-state index is 0.0349. The number of rotatable bonds is 7. The van der Waals surface area contributed by atoms with E-state index < -0.39 is 16.0 Å². The Kier molecular flexibility index (Phi) is 6.69. The van der Waals surface area contributed by atoms with Crippen molar-refractivity contribution in [2.45, 2.75) is 24.3 Å². The molecule has 8 nitrogen and oxygen atoms in total. The van der Waals surface area contributed by atoms with Gasteiger partial charge in [-0.2, -0.15) is 5.26 Å². The first-order valence-corrected chi connectivity index (χ1v) is 10.5. The molecule has 152 valence electrons. The molecular formula is C20H20N2O6S. The van der Waals surface area contributed by atoms with Crippen LogP contribution < -0.4 is 14.2 Å². The van der Waals surface area contributed by atoms with E-state index in [1.165, 1.54) is 12.1 Å². The van der Waals surface area contributed by atoms with Crippen LogP contribution in [0.15, 0.2) is 47.4 Å². The molecule has 0 aliphatic carbocycles. The number of nitrogens with zero attached hydrogens (tertiary/aromatic N) is 1. The fourth-order valence-corrected chi connectivity index (χ4v) is 3.64. The molecule has 9 heteroatoms. The number of benzene rings is 2. The van der Waals surface area contributed by atoms with Crippen molar-refractivity contribution in [3.8, 4) is 17.6 Å². The van der Waals surface area contributed by atoms with Crippen LogP contribution in [0.3, 0.4) is 0 Å². The molecule has 0 atom stereocenters. The summed E-state index contributed by atoms with van der Waals surface area (Å²) in [4.78, 5) is 11.9. The molecule has 0 spiro atoms. The van der Waals surface area contributed by atoms with Crippen molar-refractivity contribution in [2.75, 3.05) is 19.8 Å². The number of fused-ring (bicyclic) bond motifs is 1. The lowest BCUT2D eigenvalue weighted by Crippen LogP contribution is -2.26.